The maximum Gasteiger partial charge on any atom is 0.115 e. The Balaban J connectivity index is 2.10. The number of hydrogen-bond acceptors (Lipinski definition) is 4. The molecule has 84 valence electrons. The second kappa shape index (κ2) is 5.09. The molecule has 0 saturated heterocycles. The van der Waals surface area contributed by atoms with Gasteiger partial charge in [-0.2, -0.15) is 0 Å². The lowest BCUT2D eigenvalue weighted by Crippen LogP contribution is -2.17. The molecule has 0 amide bonds. The lowest BCUT2D eigenvalue weighted by molar-refractivity contribution is 0.475. The Kier molecular flexibility index (Phi) is 3.54. The number of likely N-dealkylation sites (N-methyl/N-ethyl adjacent to an activating group) is 1. The molecule has 2 aromatic rings. The topological polar surface area (TPSA) is 45.1 Å². The van der Waals surface area contributed by atoms with Crippen LogP contribution in [0.3, 0.4) is 0 Å². The molecule has 1 aromatic heterocycles. The normalized spacial score (nSPS) is 12.6. The van der Waals surface area contributed by atoms with Crippen LogP contribution in [0.1, 0.15) is 16.5 Å². The summed E-state index contributed by atoms with van der Waals surface area (Å²) in [6.45, 7) is 0. The molecule has 0 aliphatic rings. The van der Waals surface area contributed by atoms with E-state index in [4.69, 9.17) is 0 Å². The van der Waals surface area contributed by atoms with Gasteiger partial charge in [-0.05, 0) is 31.2 Å². The van der Waals surface area contributed by atoms with E-state index in [0.29, 0.717) is 5.75 Å². The first-order valence-electron chi connectivity index (χ1n) is 5.13. The predicted molar refractivity (Wildman–Crippen MR) is 65.7 cm³/mol. The quantitative estimate of drug-likeness (QED) is 0.853. The molecule has 1 atom stereocenters. The van der Waals surface area contributed by atoms with Gasteiger partial charge < -0.3 is 10.4 Å². The van der Waals surface area contributed by atoms with Crippen LogP contribution in [0.5, 0.6) is 5.75 Å². The Morgan fingerprint density at radius 2 is 2.12 bits per heavy atom. The summed E-state index contributed by atoms with van der Waals surface area (Å²) in [5, 5.41) is 12.5. The van der Waals surface area contributed by atoms with E-state index in [2.05, 4.69) is 10.3 Å². The minimum absolute atomic E-state index is 0.289. The Hall–Kier alpha value is -1.39. The Labute approximate surface area is 98.8 Å². The van der Waals surface area contributed by atoms with Crippen LogP contribution in [0.25, 0.3) is 0 Å². The molecule has 0 fully saturated rings. The van der Waals surface area contributed by atoms with E-state index in [1.54, 1.807) is 23.5 Å². The second-order valence-corrected chi connectivity index (χ2v) is 4.53. The van der Waals surface area contributed by atoms with Crippen molar-refractivity contribution in [3.8, 4) is 5.75 Å². The van der Waals surface area contributed by atoms with Crippen molar-refractivity contribution in [3.05, 3.63) is 46.4 Å². The highest BCUT2D eigenvalue weighted by Gasteiger charge is 2.11. The molecule has 2 N–H and O–H groups in total. The summed E-state index contributed by atoms with van der Waals surface area (Å²) in [6, 6.07) is 7.61. The van der Waals surface area contributed by atoms with Crippen LogP contribution >= 0.6 is 11.3 Å². The number of hydrogen-bond donors (Lipinski definition) is 2. The van der Waals surface area contributed by atoms with Gasteiger partial charge >= 0.3 is 0 Å². The highest BCUT2D eigenvalue weighted by atomic mass is 32.1. The summed E-state index contributed by atoms with van der Waals surface area (Å²) in [5.74, 6) is 0.308. The molecule has 3 nitrogen and oxygen atoms in total. The minimum atomic E-state index is 0.289. The average Bonchev–Trinajstić information content (AvgIpc) is 2.82. The largest absolute Gasteiger partial charge is 0.508 e. The maximum atomic E-state index is 9.21. The third kappa shape index (κ3) is 2.59. The van der Waals surface area contributed by atoms with Gasteiger partial charge in [0.05, 0.1) is 5.51 Å². The summed E-state index contributed by atoms with van der Waals surface area (Å²) < 4.78 is 0. The molecule has 1 aromatic carbocycles. The third-order valence-electron chi connectivity index (χ3n) is 2.52. The van der Waals surface area contributed by atoms with Crippen molar-refractivity contribution in [1.29, 1.82) is 0 Å². The van der Waals surface area contributed by atoms with Gasteiger partial charge in [0.15, 0.2) is 0 Å². The molecule has 1 unspecified atom stereocenters. The van der Waals surface area contributed by atoms with E-state index < -0.39 is 0 Å². The summed E-state index contributed by atoms with van der Waals surface area (Å²) >= 11 is 1.66. The van der Waals surface area contributed by atoms with Gasteiger partial charge in [0.2, 0.25) is 0 Å². The van der Waals surface area contributed by atoms with E-state index in [1.807, 2.05) is 30.9 Å². The van der Waals surface area contributed by atoms with Gasteiger partial charge in [0.1, 0.15) is 5.75 Å². The molecule has 0 bridgehead atoms. The number of aromatic hydroxyl groups is 1. The van der Waals surface area contributed by atoms with Gasteiger partial charge in [0, 0.05) is 17.1 Å². The van der Waals surface area contributed by atoms with Crippen LogP contribution < -0.4 is 5.32 Å². The van der Waals surface area contributed by atoms with Gasteiger partial charge in [0.25, 0.3) is 0 Å². The van der Waals surface area contributed by atoms with Crippen molar-refractivity contribution in [2.75, 3.05) is 7.05 Å². The van der Waals surface area contributed by atoms with Crippen LogP contribution in [0.15, 0.2) is 36.0 Å². The molecule has 0 aliphatic heterocycles. The van der Waals surface area contributed by atoms with E-state index in [9.17, 15) is 5.11 Å². The third-order valence-corrected chi connectivity index (χ3v) is 3.41. The first-order chi connectivity index (χ1) is 7.79. The number of thiazole rings is 1. The summed E-state index contributed by atoms with van der Waals surface area (Å²) in [5.41, 5.74) is 3.04. The number of rotatable bonds is 4. The molecular weight excluding hydrogens is 220 g/mol. The SMILES string of the molecule is CNC(Cc1ccc(O)cc1)c1cncs1. The number of phenolic OH excluding ortho intramolecular Hbond substituents is 1. The smallest absolute Gasteiger partial charge is 0.115 e. The molecule has 0 aliphatic carbocycles. The fourth-order valence-corrected chi connectivity index (χ4v) is 2.34. The number of benzene rings is 1. The molecule has 4 heteroatoms. The average molecular weight is 234 g/mol. The van der Waals surface area contributed by atoms with Crippen LogP contribution in [-0.4, -0.2) is 17.1 Å². The van der Waals surface area contributed by atoms with Crippen LogP contribution in [-0.2, 0) is 6.42 Å². The first kappa shape index (κ1) is 11.1. The number of nitrogens with zero attached hydrogens (tertiary/aromatic N) is 1. The second-order valence-electron chi connectivity index (χ2n) is 3.62. The van der Waals surface area contributed by atoms with Gasteiger partial charge in [-0.1, -0.05) is 12.1 Å². The summed E-state index contributed by atoms with van der Waals surface area (Å²) in [4.78, 5) is 5.32. The lowest BCUT2D eigenvalue weighted by atomic mass is 10.1. The fraction of sp³-hybridized carbons (Fsp3) is 0.250. The lowest BCUT2D eigenvalue weighted by Gasteiger charge is -2.13. The summed E-state index contributed by atoms with van der Waals surface area (Å²) in [6.07, 6.45) is 2.80. The zero-order valence-electron chi connectivity index (χ0n) is 9.05. The molecule has 2 rings (SSSR count). The van der Waals surface area contributed by atoms with Crippen molar-refractivity contribution in [2.45, 2.75) is 12.5 Å². The minimum Gasteiger partial charge on any atom is -0.508 e. The number of aromatic nitrogens is 1. The predicted octanol–water partition coefficient (Wildman–Crippen LogP) is 2.35. The van der Waals surface area contributed by atoms with Crippen molar-refractivity contribution in [2.24, 2.45) is 0 Å². The molecule has 0 saturated carbocycles. The van der Waals surface area contributed by atoms with Gasteiger partial charge in [-0.25, -0.2) is 0 Å². The van der Waals surface area contributed by atoms with Gasteiger partial charge in [-0.15, -0.1) is 11.3 Å². The van der Waals surface area contributed by atoms with Gasteiger partial charge in [-0.3, -0.25) is 4.98 Å². The zero-order chi connectivity index (χ0) is 11.4. The van der Waals surface area contributed by atoms with Crippen molar-refractivity contribution >= 4 is 11.3 Å². The van der Waals surface area contributed by atoms with Crippen LogP contribution in [0.2, 0.25) is 0 Å². The monoisotopic (exact) mass is 234 g/mol. The first-order valence-corrected chi connectivity index (χ1v) is 6.01. The zero-order valence-corrected chi connectivity index (χ0v) is 9.87. The highest BCUT2D eigenvalue weighted by Crippen LogP contribution is 2.22. The van der Waals surface area contributed by atoms with Crippen molar-refractivity contribution in [1.82, 2.24) is 10.3 Å². The molecule has 0 radical (unpaired) electrons. The van der Waals surface area contributed by atoms with E-state index in [0.717, 1.165) is 6.42 Å². The molecule has 0 spiro atoms. The Morgan fingerprint density at radius 1 is 1.38 bits per heavy atom. The van der Waals surface area contributed by atoms with Crippen LogP contribution in [0.4, 0.5) is 0 Å². The van der Waals surface area contributed by atoms with Crippen molar-refractivity contribution in [3.63, 3.8) is 0 Å². The summed E-state index contributed by atoms with van der Waals surface area (Å²) in [7, 11) is 1.95. The standard InChI is InChI=1S/C12H14N2OS/c1-13-11(12-7-14-8-16-12)6-9-2-4-10(15)5-3-9/h2-5,7-8,11,13,15H,6H2,1H3. The highest BCUT2D eigenvalue weighted by molar-refractivity contribution is 7.09. The van der Waals surface area contributed by atoms with Crippen molar-refractivity contribution < 1.29 is 5.11 Å². The van der Waals surface area contributed by atoms with E-state index in [-0.39, 0.29) is 6.04 Å². The molecule has 16 heavy (non-hydrogen) atoms. The maximum absolute atomic E-state index is 9.21. The fourth-order valence-electron chi connectivity index (χ4n) is 1.61. The van der Waals surface area contributed by atoms with E-state index >= 15 is 0 Å². The Bertz CT molecular complexity index is 425. The molecular formula is C12H14N2OS. The number of phenols is 1. The van der Waals surface area contributed by atoms with E-state index in [1.165, 1.54) is 10.4 Å². The molecule has 1 heterocycles. The Morgan fingerprint density at radius 3 is 2.69 bits per heavy atom. The number of nitrogens with one attached hydrogen (secondary N) is 1. The van der Waals surface area contributed by atoms with Crippen LogP contribution in [0, 0.1) is 0 Å².